The summed E-state index contributed by atoms with van der Waals surface area (Å²) in [6, 6.07) is 19.0. The number of ether oxygens (including phenoxy) is 1. The first kappa shape index (κ1) is 24.4. The second-order valence-corrected chi connectivity index (χ2v) is 8.60. The van der Waals surface area contributed by atoms with Gasteiger partial charge >= 0.3 is 0 Å². The number of anilines is 1. The molecule has 182 valence electrons. The van der Waals surface area contributed by atoms with E-state index in [-0.39, 0.29) is 29.5 Å². The van der Waals surface area contributed by atoms with Crippen LogP contribution in [0.25, 0.3) is 0 Å². The molecule has 0 radical (unpaired) electrons. The smallest absolute Gasteiger partial charge is 0.233 e. The van der Waals surface area contributed by atoms with Gasteiger partial charge in [0, 0.05) is 5.69 Å². The van der Waals surface area contributed by atoms with E-state index >= 15 is 0 Å². The maximum absolute atomic E-state index is 13.5. The Morgan fingerprint density at radius 2 is 1.60 bits per heavy atom. The molecule has 7 heteroatoms. The van der Waals surface area contributed by atoms with E-state index in [1.807, 2.05) is 24.3 Å². The molecule has 3 aromatic rings. The van der Waals surface area contributed by atoms with Gasteiger partial charge in [-0.25, -0.2) is 8.78 Å². The summed E-state index contributed by atoms with van der Waals surface area (Å²) in [5.74, 6) is -0.419. The van der Waals surface area contributed by atoms with Crippen LogP contribution in [0.4, 0.5) is 14.5 Å². The van der Waals surface area contributed by atoms with E-state index in [0.29, 0.717) is 36.4 Å². The molecule has 0 unspecified atom stereocenters. The fourth-order valence-electron chi connectivity index (χ4n) is 4.38. The number of benzene rings is 3. The number of carbonyl (C=O) groups is 1. The summed E-state index contributed by atoms with van der Waals surface area (Å²) >= 11 is 0. The van der Waals surface area contributed by atoms with E-state index in [9.17, 15) is 18.8 Å². The Morgan fingerprint density at radius 1 is 0.971 bits per heavy atom. The van der Waals surface area contributed by atoms with Gasteiger partial charge in [0.1, 0.15) is 17.4 Å². The van der Waals surface area contributed by atoms with Crippen molar-refractivity contribution in [3.63, 3.8) is 0 Å². The molecule has 1 N–H and O–H groups in total. The second-order valence-electron chi connectivity index (χ2n) is 8.60. The third-order valence-corrected chi connectivity index (χ3v) is 6.30. The van der Waals surface area contributed by atoms with Crippen molar-refractivity contribution in [3.8, 4) is 5.75 Å². The average molecular weight is 479 g/mol. The lowest BCUT2D eigenvalue weighted by molar-refractivity contribution is -0.130. The number of halogens is 2. The molecule has 1 fully saturated rings. The van der Waals surface area contributed by atoms with Gasteiger partial charge in [0.25, 0.3) is 0 Å². The van der Waals surface area contributed by atoms with Gasteiger partial charge in [-0.1, -0.05) is 42.8 Å². The van der Waals surface area contributed by atoms with E-state index in [1.165, 1.54) is 24.3 Å². The lowest BCUT2D eigenvalue weighted by Crippen LogP contribution is -2.55. The van der Waals surface area contributed by atoms with Gasteiger partial charge in [0.05, 0.1) is 24.3 Å². The molecule has 5 nitrogen and oxygen atoms in total. The van der Waals surface area contributed by atoms with Crippen molar-refractivity contribution in [3.05, 3.63) is 95.6 Å². The molecule has 0 aliphatic carbocycles. The zero-order chi connectivity index (χ0) is 24.8. The Labute approximate surface area is 203 Å². The minimum Gasteiger partial charge on any atom is -0.494 e. The highest BCUT2D eigenvalue weighted by Crippen LogP contribution is 2.46. The molecule has 1 aliphatic rings. The van der Waals surface area contributed by atoms with Crippen LogP contribution in [-0.2, 0) is 4.79 Å². The topological polar surface area (TPSA) is 62.1 Å². The van der Waals surface area contributed by atoms with E-state index in [2.05, 4.69) is 12.1 Å². The van der Waals surface area contributed by atoms with Gasteiger partial charge in [-0.15, -0.1) is 0 Å². The normalized spacial score (nSPS) is 17.9. The van der Waals surface area contributed by atoms with Crippen LogP contribution in [0, 0.1) is 17.6 Å². The molecule has 0 saturated carbocycles. The van der Waals surface area contributed by atoms with Crippen molar-refractivity contribution in [2.45, 2.75) is 38.6 Å². The minimum atomic E-state index is -0.377. The molecule has 0 aromatic heterocycles. The summed E-state index contributed by atoms with van der Waals surface area (Å²) < 4.78 is 32.5. The zero-order valence-electron chi connectivity index (χ0n) is 19.5. The summed E-state index contributed by atoms with van der Waals surface area (Å²) in [6.45, 7) is 2.75. The predicted molar refractivity (Wildman–Crippen MR) is 131 cm³/mol. The summed E-state index contributed by atoms with van der Waals surface area (Å²) in [5.41, 5.74) is 2.54. The maximum Gasteiger partial charge on any atom is 0.233 e. The highest BCUT2D eigenvalue weighted by molar-refractivity contribution is 6.04. The highest BCUT2D eigenvalue weighted by Gasteiger charge is 2.48. The fourth-order valence-corrected chi connectivity index (χ4v) is 4.38. The first-order valence-corrected chi connectivity index (χ1v) is 11.8. The number of hydrogen-bond donors (Lipinski definition) is 1. The Hall–Kier alpha value is -3.74. The highest BCUT2D eigenvalue weighted by atomic mass is 19.1. The molecule has 0 bridgehead atoms. The lowest BCUT2D eigenvalue weighted by atomic mass is 9.78. The molecule has 0 spiro atoms. The molecule has 3 aromatic carbocycles. The lowest BCUT2D eigenvalue weighted by Gasteiger charge is -2.47. The summed E-state index contributed by atoms with van der Waals surface area (Å²) in [6.07, 6.45) is 2.80. The molecular weight excluding hydrogens is 450 g/mol. The second kappa shape index (κ2) is 11.1. The maximum atomic E-state index is 13.5. The van der Waals surface area contributed by atoms with E-state index in [1.54, 1.807) is 29.2 Å². The van der Waals surface area contributed by atoms with E-state index < -0.39 is 0 Å². The van der Waals surface area contributed by atoms with Crippen LogP contribution in [0.5, 0.6) is 5.75 Å². The van der Waals surface area contributed by atoms with Crippen LogP contribution in [0.1, 0.15) is 49.8 Å². The van der Waals surface area contributed by atoms with Crippen molar-refractivity contribution < 1.29 is 23.5 Å². The summed E-state index contributed by atoms with van der Waals surface area (Å²) in [7, 11) is 0. The van der Waals surface area contributed by atoms with E-state index in [0.717, 1.165) is 24.2 Å². The third kappa shape index (κ3) is 5.50. The Bertz CT molecular complexity index is 1160. The van der Waals surface area contributed by atoms with Crippen LogP contribution < -0.4 is 9.64 Å². The number of β-lactam (4-membered cyclic amide) rings is 1. The van der Waals surface area contributed by atoms with Crippen LogP contribution in [0.3, 0.4) is 0 Å². The van der Waals surface area contributed by atoms with Crippen molar-refractivity contribution >= 4 is 17.3 Å². The fraction of sp³-hybridized carbons (Fsp3) is 0.286. The van der Waals surface area contributed by atoms with Crippen LogP contribution in [-0.4, -0.2) is 23.4 Å². The third-order valence-electron chi connectivity index (χ3n) is 6.30. The number of unbranched alkanes of at least 4 members (excludes halogenated alkanes) is 1. The first-order chi connectivity index (χ1) is 17.0. The van der Waals surface area contributed by atoms with Crippen LogP contribution >= 0.6 is 0 Å². The van der Waals surface area contributed by atoms with Gasteiger partial charge in [-0.05, 0) is 78.9 Å². The SMILES string of the molecule is CCCCOc1ccc([C@@H]2[C@@H](CC/C(=N/O)c3ccc(F)cc3)C(=O)N2c2ccc(F)cc2)cc1. The molecule has 2 atom stereocenters. The van der Waals surface area contributed by atoms with Crippen LogP contribution in [0.15, 0.2) is 78.0 Å². The molecule has 4 rings (SSSR count). The van der Waals surface area contributed by atoms with Gasteiger partial charge in [-0.2, -0.15) is 0 Å². The van der Waals surface area contributed by atoms with Gasteiger partial charge in [0.2, 0.25) is 5.91 Å². The summed E-state index contributed by atoms with van der Waals surface area (Å²) in [4.78, 5) is 14.9. The Morgan fingerprint density at radius 3 is 2.20 bits per heavy atom. The Balaban J connectivity index is 1.55. The molecule has 1 heterocycles. The largest absolute Gasteiger partial charge is 0.494 e. The number of hydrogen-bond acceptors (Lipinski definition) is 4. The van der Waals surface area contributed by atoms with Gasteiger partial charge in [0.15, 0.2) is 0 Å². The monoisotopic (exact) mass is 478 g/mol. The van der Waals surface area contributed by atoms with Gasteiger partial charge in [-0.3, -0.25) is 4.79 Å². The van der Waals surface area contributed by atoms with Crippen molar-refractivity contribution in [1.29, 1.82) is 0 Å². The number of rotatable bonds is 10. The molecule has 1 amide bonds. The quantitative estimate of drug-likeness (QED) is 0.119. The predicted octanol–water partition coefficient (Wildman–Crippen LogP) is 6.51. The number of amides is 1. The van der Waals surface area contributed by atoms with E-state index in [4.69, 9.17) is 4.74 Å². The number of oxime groups is 1. The first-order valence-electron chi connectivity index (χ1n) is 11.8. The standard InChI is InChI=1S/C28H28F2N2O3/c1-2-3-18-35-24-14-6-20(7-15-24)27-25(28(33)32(27)23-12-10-22(30)11-13-23)16-17-26(31-34)19-4-8-21(29)9-5-19/h4-15,25,27,34H,2-3,16-18H2,1H3/b31-26-/t25-,27-/m1/s1. The summed E-state index contributed by atoms with van der Waals surface area (Å²) in [5, 5.41) is 12.9. The van der Waals surface area contributed by atoms with Crippen molar-refractivity contribution in [2.24, 2.45) is 11.1 Å². The van der Waals surface area contributed by atoms with Crippen LogP contribution in [0.2, 0.25) is 0 Å². The number of nitrogens with zero attached hydrogens (tertiary/aromatic N) is 2. The zero-order valence-corrected chi connectivity index (χ0v) is 19.5. The Kier molecular flexibility index (Phi) is 7.75. The van der Waals surface area contributed by atoms with Crippen molar-refractivity contribution in [1.82, 2.24) is 0 Å². The molecule has 1 saturated heterocycles. The number of carbonyl (C=O) groups excluding carboxylic acids is 1. The van der Waals surface area contributed by atoms with Crippen molar-refractivity contribution in [2.75, 3.05) is 11.5 Å². The minimum absolute atomic E-state index is 0.0822. The van der Waals surface area contributed by atoms with Gasteiger partial charge < -0.3 is 14.8 Å². The molecular formula is C28H28F2N2O3. The average Bonchev–Trinajstić information content (AvgIpc) is 2.87. The molecule has 1 aliphatic heterocycles. The molecule has 35 heavy (non-hydrogen) atoms.